The molecular weight excluding hydrogens is 392 g/mol. The molecule has 2 amide bonds. The van der Waals surface area contributed by atoms with Gasteiger partial charge in [-0.15, -0.1) is 0 Å². The van der Waals surface area contributed by atoms with Crippen molar-refractivity contribution in [3.05, 3.63) is 42.0 Å². The number of hydrogen-bond acceptors (Lipinski definition) is 5. The van der Waals surface area contributed by atoms with Gasteiger partial charge in [0.05, 0.1) is 24.5 Å². The lowest BCUT2D eigenvalue weighted by atomic mass is 9.76. The normalized spacial score (nSPS) is 31.8. The van der Waals surface area contributed by atoms with E-state index in [1.165, 1.54) is 5.56 Å². The van der Waals surface area contributed by atoms with Crippen molar-refractivity contribution in [3.8, 4) is 0 Å². The number of benzene rings is 1. The molecule has 0 radical (unpaired) electrons. The largest absolute Gasteiger partial charge is 0.360 e. The summed E-state index contributed by atoms with van der Waals surface area (Å²) in [5, 5.41) is 0. The average molecular weight is 425 g/mol. The Morgan fingerprint density at radius 2 is 1.97 bits per heavy atom. The first-order valence-electron chi connectivity index (χ1n) is 11.4. The molecule has 4 aliphatic rings. The van der Waals surface area contributed by atoms with E-state index >= 15 is 0 Å². The predicted molar refractivity (Wildman–Crippen MR) is 118 cm³/mol. The Morgan fingerprint density at radius 1 is 1.26 bits per heavy atom. The van der Waals surface area contributed by atoms with Crippen molar-refractivity contribution >= 4 is 17.5 Å². The summed E-state index contributed by atoms with van der Waals surface area (Å²) >= 11 is 0. The van der Waals surface area contributed by atoms with Crippen LogP contribution >= 0.6 is 0 Å². The first-order chi connectivity index (χ1) is 14.9. The fraction of sp³-hybridized carbons (Fsp3) is 0.583. The van der Waals surface area contributed by atoms with Gasteiger partial charge >= 0.3 is 0 Å². The highest BCUT2D eigenvalue weighted by Gasteiger charge is 2.67. The Bertz CT molecular complexity index is 893. The van der Waals surface area contributed by atoms with Crippen LogP contribution in [0.3, 0.4) is 0 Å². The van der Waals surface area contributed by atoms with E-state index in [2.05, 4.69) is 36.8 Å². The zero-order chi connectivity index (χ0) is 21.8. The third-order valence-electron chi connectivity index (χ3n) is 7.41. The minimum atomic E-state index is -0.682. The highest BCUT2D eigenvalue weighted by Crippen LogP contribution is 2.53. The van der Waals surface area contributed by atoms with Gasteiger partial charge in [0.25, 0.3) is 0 Å². The standard InChI is InChI=1S/C24H32N4O3/c1-15(2)17-4-6-18(7-5-17)28-14-24-10-8-19(31-24)20(21(24)23(28)30)22(29)27(3)11-9-16-12-25-26-13-16/h4-8,10,15-16,19-21,25-26H,9,11-14H2,1-3H3/t19-,20?,21?,24-/m1/s1. The van der Waals surface area contributed by atoms with E-state index in [1.807, 2.05) is 31.3 Å². The molecule has 4 atom stereocenters. The number of anilines is 1. The lowest BCUT2D eigenvalue weighted by Crippen LogP contribution is -2.45. The van der Waals surface area contributed by atoms with E-state index < -0.39 is 17.4 Å². The van der Waals surface area contributed by atoms with E-state index in [0.29, 0.717) is 24.9 Å². The molecule has 2 bridgehead atoms. The molecule has 166 valence electrons. The molecule has 0 aliphatic carbocycles. The van der Waals surface area contributed by atoms with Gasteiger partial charge in [0.15, 0.2) is 0 Å². The summed E-state index contributed by atoms with van der Waals surface area (Å²) in [6.07, 6.45) is 4.64. The molecule has 4 aliphatic heterocycles. The smallest absolute Gasteiger partial charge is 0.234 e. The van der Waals surface area contributed by atoms with Crippen LogP contribution in [0.4, 0.5) is 5.69 Å². The number of nitrogens with zero attached hydrogens (tertiary/aromatic N) is 2. The second-order valence-corrected chi connectivity index (χ2v) is 9.75. The van der Waals surface area contributed by atoms with E-state index in [0.717, 1.165) is 25.2 Å². The fourth-order valence-electron chi connectivity index (χ4n) is 5.49. The van der Waals surface area contributed by atoms with Gasteiger partial charge in [0.2, 0.25) is 11.8 Å². The van der Waals surface area contributed by atoms with Crippen LogP contribution in [-0.4, -0.2) is 61.6 Å². The molecule has 1 spiro atoms. The summed E-state index contributed by atoms with van der Waals surface area (Å²) in [4.78, 5) is 30.5. The first-order valence-corrected chi connectivity index (χ1v) is 11.4. The summed E-state index contributed by atoms with van der Waals surface area (Å²) in [6, 6.07) is 8.17. The van der Waals surface area contributed by atoms with Crippen LogP contribution in [0.15, 0.2) is 36.4 Å². The minimum absolute atomic E-state index is 0.0000832. The molecule has 2 N–H and O–H groups in total. The summed E-state index contributed by atoms with van der Waals surface area (Å²) in [5.41, 5.74) is 7.71. The Morgan fingerprint density at radius 3 is 2.65 bits per heavy atom. The second-order valence-electron chi connectivity index (χ2n) is 9.75. The Balaban J connectivity index is 1.33. The average Bonchev–Trinajstić information content (AvgIpc) is 3.54. The third kappa shape index (κ3) is 3.39. The molecule has 1 aromatic carbocycles. The van der Waals surface area contributed by atoms with Crippen molar-refractivity contribution in [1.82, 2.24) is 15.8 Å². The molecule has 7 heteroatoms. The minimum Gasteiger partial charge on any atom is -0.360 e. The van der Waals surface area contributed by atoms with Gasteiger partial charge in [-0.1, -0.05) is 38.1 Å². The van der Waals surface area contributed by atoms with E-state index in [4.69, 9.17) is 4.74 Å². The summed E-state index contributed by atoms with van der Waals surface area (Å²) in [6.45, 7) is 7.32. The summed E-state index contributed by atoms with van der Waals surface area (Å²) in [7, 11) is 1.85. The van der Waals surface area contributed by atoms with Crippen LogP contribution in [0.2, 0.25) is 0 Å². The molecule has 0 aromatic heterocycles. The van der Waals surface area contributed by atoms with E-state index in [1.54, 1.807) is 9.80 Å². The lowest BCUT2D eigenvalue weighted by molar-refractivity contribution is -0.139. The molecule has 7 nitrogen and oxygen atoms in total. The van der Waals surface area contributed by atoms with Gasteiger partial charge in [0, 0.05) is 32.4 Å². The molecule has 3 fully saturated rings. The highest BCUT2D eigenvalue weighted by molar-refractivity contribution is 6.03. The number of hydrogen-bond donors (Lipinski definition) is 2. The molecule has 31 heavy (non-hydrogen) atoms. The van der Waals surface area contributed by atoms with Crippen molar-refractivity contribution < 1.29 is 14.3 Å². The van der Waals surface area contributed by atoms with Crippen molar-refractivity contribution in [1.29, 1.82) is 0 Å². The number of rotatable bonds is 6. The van der Waals surface area contributed by atoms with Crippen LogP contribution in [-0.2, 0) is 14.3 Å². The Kier molecular flexibility index (Phi) is 5.15. The maximum Gasteiger partial charge on any atom is 0.234 e. The van der Waals surface area contributed by atoms with Crippen molar-refractivity contribution in [3.63, 3.8) is 0 Å². The molecule has 5 rings (SSSR count). The molecule has 4 heterocycles. The van der Waals surface area contributed by atoms with Crippen molar-refractivity contribution in [2.75, 3.05) is 38.1 Å². The van der Waals surface area contributed by atoms with Crippen LogP contribution in [0.25, 0.3) is 0 Å². The van der Waals surface area contributed by atoms with Gasteiger partial charge in [-0.2, -0.15) is 0 Å². The van der Waals surface area contributed by atoms with Crippen LogP contribution in [0.5, 0.6) is 0 Å². The number of fused-ring (bicyclic) bond motifs is 1. The number of hydrazine groups is 1. The number of ether oxygens (including phenoxy) is 1. The maximum atomic E-state index is 13.5. The second kappa shape index (κ2) is 7.73. The Labute approximate surface area is 183 Å². The summed E-state index contributed by atoms with van der Waals surface area (Å²) in [5.74, 6) is 0.0940. The zero-order valence-corrected chi connectivity index (χ0v) is 18.5. The quantitative estimate of drug-likeness (QED) is 0.680. The number of carbonyl (C=O) groups excluding carboxylic acids is 2. The van der Waals surface area contributed by atoms with E-state index in [9.17, 15) is 9.59 Å². The third-order valence-corrected chi connectivity index (χ3v) is 7.41. The lowest BCUT2D eigenvalue weighted by Gasteiger charge is -2.28. The van der Waals surface area contributed by atoms with Gasteiger partial charge in [0.1, 0.15) is 5.60 Å². The molecule has 0 saturated carbocycles. The summed E-state index contributed by atoms with van der Waals surface area (Å²) < 4.78 is 6.29. The highest BCUT2D eigenvalue weighted by atomic mass is 16.5. The van der Waals surface area contributed by atoms with Gasteiger partial charge in [-0.25, -0.2) is 0 Å². The van der Waals surface area contributed by atoms with Gasteiger partial charge in [-0.05, 0) is 36.0 Å². The predicted octanol–water partition coefficient (Wildman–Crippen LogP) is 1.67. The molecule has 3 saturated heterocycles. The topological polar surface area (TPSA) is 73.9 Å². The van der Waals surface area contributed by atoms with E-state index in [-0.39, 0.29) is 17.9 Å². The molecular formula is C24H32N4O3. The first kappa shape index (κ1) is 20.7. The Hall–Kier alpha value is -2.22. The molecule has 1 aromatic rings. The number of nitrogens with one attached hydrogen (secondary N) is 2. The number of carbonyl (C=O) groups is 2. The van der Waals surface area contributed by atoms with Gasteiger partial charge in [-0.3, -0.25) is 20.4 Å². The van der Waals surface area contributed by atoms with Crippen molar-refractivity contribution in [2.45, 2.75) is 37.9 Å². The fourth-order valence-corrected chi connectivity index (χ4v) is 5.49. The zero-order valence-electron chi connectivity index (χ0n) is 18.5. The van der Waals surface area contributed by atoms with Gasteiger partial charge < -0.3 is 14.5 Å². The molecule has 2 unspecified atom stereocenters. The van der Waals surface area contributed by atoms with Crippen LogP contribution in [0.1, 0.15) is 31.7 Å². The van der Waals surface area contributed by atoms with Crippen molar-refractivity contribution in [2.24, 2.45) is 17.8 Å². The SMILES string of the molecule is CC(C)c1ccc(N2C[C@@]34C=C[C@@H](O3)C(C(=O)N(C)CCC3CNNC3)C4C2=O)cc1. The monoisotopic (exact) mass is 424 g/mol. The van der Waals surface area contributed by atoms with Crippen LogP contribution < -0.4 is 15.8 Å². The van der Waals surface area contributed by atoms with Crippen LogP contribution in [0, 0.1) is 17.8 Å². The maximum absolute atomic E-state index is 13.5. The number of amides is 2.